The van der Waals surface area contributed by atoms with Crippen molar-refractivity contribution in [3.63, 3.8) is 0 Å². The fourth-order valence-corrected chi connectivity index (χ4v) is 6.05. The minimum atomic E-state index is -0.951. The molecule has 8 nitrogen and oxygen atoms in total. The van der Waals surface area contributed by atoms with Crippen molar-refractivity contribution in [2.45, 2.75) is 56.5 Å². The molecule has 2 N–H and O–H groups in total. The Balaban J connectivity index is 1.25. The number of halogens is 1. The van der Waals surface area contributed by atoms with Gasteiger partial charge in [0, 0.05) is 52.6 Å². The summed E-state index contributed by atoms with van der Waals surface area (Å²) in [4.78, 5) is 20.9. The van der Waals surface area contributed by atoms with E-state index in [-0.39, 0.29) is 12.1 Å². The van der Waals surface area contributed by atoms with Gasteiger partial charge in [0.1, 0.15) is 5.65 Å². The molecule has 1 aromatic carbocycles. The number of amides is 1. The standard InChI is InChI=1S/C29H27ClN6O2/c30-24-4-2-1-3-22(24)26-27(17-5-6-17)35-12-11-25-23(28(35)34-26)13-18(14-31-25)19-15-32-36(16-19)21-9-7-20(8-10-21)33-29(37)38/h1-4,11-17,20-21,33H,5-10H2,(H,37,38). The molecule has 5 aromatic rings. The zero-order valence-electron chi connectivity index (χ0n) is 20.7. The Morgan fingerprint density at radius 2 is 1.84 bits per heavy atom. The van der Waals surface area contributed by atoms with Gasteiger partial charge in [-0.15, -0.1) is 0 Å². The summed E-state index contributed by atoms with van der Waals surface area (Å²) in [5, 5.41) is 18.0. The first-order valence-corrected chi connectivity index (χ1v) is 13.5. The van der Waals surface area contributed by atoms with E-state index in [2.05, 4.69) is 39.3 Å². The number of carbonyl (C=O) groups is 1. The number of hydrogen-bond acceptors (Lipinski definition) is 4. The van der Waals surface area contributed by atoms with E-state index in [0.717, 1.165) is 77.5 Å². The van der Waals surface area contributed by atoms with Gasteiger partial charge in [-0.25, -0.2) is 9.78 Å². The summed E-state index contributed by atoms with van der Waals surface area (Å²) in [5.74, 6) is 0.490. The van der Waals surface area contributed by atoms with Crippen LogP contribution in [-0.2, 0) is 0 Å². The van der Waals surface area contributed by atoms with Gasteiger partial charge in [0.05, 0.1) is 34.2 Å². The molecule has 0 aliphatic heterocycles. The van der Waals surface area contributed by atoms with Gasteiger partial charge in [-0.05, 0) is 56.7 Å². The Morgan fingerprint density at radius 1 is 1.03 bits per heavy atom. The van der Waals surface area contributed by atoms with E-state index < -0.39 is 6.09 Å². The zero-order valence-corrected chi connectivity index (χ0v) is 21.5. The fraction of sp³-hybridized carbons (Fsp3) is 0.310. The van der Waals surface area contributed by atoms with Crippen molar-refractivity contribution in [3.05, 3.63) is 71.9 Å². The lowest BCUT2D eigenvalue weighted by molar-refractivity contribution is 0.181. The molecule has 0 spiro atoms. The maximum Gasteiger partial charge on any atom is 0.404 e. The van der Waals surface area contributed by atoms with Crippen LogP contribution in [0, 0.1) is 0 Å². The van der Waals surface area contributed by atoms with Crippen molar-refractivity contribution < 1.29 is 9.90 Å². The second-order valence-corrected chi connectivity index (χ2v) is 10.8. The van der Waals surface area contributed by atoms with E-state index in [1.54, 1.807) is 0 Å². The van der Waals surface area contributed by atoms with E-state index in [1.165, 1.54) is 5.69 Å². The lowest BCUT2D eigenvalue weighted by Gasteiger charge is -2.28. The number of benzene rings is 1. The molecule has 0 unspecified atom stereocenters. The summed E-state index contributed by atoms with van der Waals surface area (Å²) in [6.07, 6.45) is 12.7. The molecule has 2 fully saturated rings. The van der Waals surface area contributed by atoms with Crippen LogP contribution in [0.25, 0.3) is 38.9 Å². The molecule has 2 aliphatic carbocycles. The third kappa shape index (κ3) is 4.09. The summed E-state index contributed by atoms with van der Waals surface area (Å²) in [7, 11) is 0. The molecule has 0 atom stereocenters. The van der Waals surface area contributed by atoms with Crippen LogP contribution in [0.4, 0.5) is 4.79 Å². The minimum absolute atomic E-state index is 0.0246. The molecule has 0 radical (unpaired) electrons. The maximum absolute atomic E-state index is 11.0. The summed E-state index contributed by atoms with van der Waals surface area (Å²) >= 11 is 6.60. The summed E-state index contributed by atoms with van der Waals surface area (Å²) in [6.45, 7) is 0. The molecule has 1 amide bonds. The summed E-state index contributed by atoms with van der Waals surface area (Å²) in [6, 6.07) is 12.4. The van der Waals surface area contributed by atoms with Crippen molar-refractivity contribution in [3.8, 4) is 22.4 Å². The number of hydrogen-bond donors (Lipinski definition) is 2. The largest absolute Gasteiger partial charge is 0.465 e. The molecule has 7 rings (SSSR count). The van der Waals surface area contributed by atoms with Gasteiger partial charge < -0.3 is 14.8 Å². The van der Waals surface area contributed by atoms with E-state index in [9.17, 15) is 4.79 Å². The molecule has 4 aromatic heterocycles. The fourth-order valence-electron chi connectivity index (χ4n) is 5.82. The van der Waals surface area contributed by atoms with Crippen LogP contribution >= 0.6 is 11.6 Å². The van der Waals surface area contributed by atoms with Gasteiger partial charge in [-0.2, -0.15) is 5.10 Å². The summed E-state index contributed by atoms with van der Waals surface area (Å²) < 4.78 is 4.24. The second-order valence-electron chi connectivity index (χ2n) is 10.4. The monoisotopic (exact) mass is 526 g/mol. The van der Waals surface area contributed by atoms with Crippen molar-refractivity contribution in [2.24, 2.45) is 0 Å². The van der Waals surface area contributed by atoms with Crippen molar-refractivity contribution in [1.29, 1.82) is 0 Å². The minimum Gasteiger partial charge on any atom is -0.465 e. The van der Waals surface area contributed by atoms with Crippen molar-refractivity contribution in [1.82, 2.24) is 29.5 Å². The number of fused-ring (bicyclic) bond motifs is 3. The van der Waals surface area contributed by atoms with Crippen LogP contribution in [0.2, 0.25) is 5.02 Å². The average molecular weight is 527 g/mol. The van der Waals surface area contributed by atoms with Gasteiger partial charge in [0.15, 0.2) is 0 Å². The highest BCUT2D eigenvalue weighted by atomic mass is 35.5. The van der Waals surface area contributed by atoms with E-state index in [0.29, 0.717) is 10.9 Å². The number of aromatic nitrogens is 5. The molecular formula is C29H27ClN6O2. The molecule has 0 saturated heterocycles. The predicted octanol–water partition coefficient (Wildman–Crippen LogP) is 6.70. The molecule has 9 heteroatoms. The summed E-state index contributed by atoms with van der Waals surface area (Å²) in [5.41, 5.74) is 6.94. The van der Waals surface area contributed by atoms with Crippen LogP contribution in [0.1, 0.15) is 56.2 Å². The van der Waals surface area contributed by atoms with Gasteiger partial charge in [-0.3, -0.25) is 9.67 Å². The third-order valence-corrected chi connectivity index (χ3v) is 8.24. The van der Waals surface area contributed by atoms with Crippen molar-refractivity contribution in [2.75, 3.05) is 0 Å². The van der Waals surface area contributed by atoms with Crippen LogP contribution in [-0.4, -0.2) is 41.4 Å². The molecule has 192 valence electrons. The maximum atomic E-state index is 11.0. The highest BCUT2D eigenvalue weighted by molar-refractivity contribution is 6.33. The van der Waals surface area contributed by atoms with Gasteiger partial charge in [0.2, 0.25) is 0 Å². The lowest BCUT2D eigenvalue weighted by atomic mass is 9.91. The topological polar surface area (TPSA) is 97.3 Å². The Morgan fingerprint density at radius 3 is 2.61 bits per heavy atom. The molecule has 4 heterocycles. The molecule has 2 aliphatic rings. The number of rotatable bonds is 5. The number of nitrogens with one attached hydrogen (secondary N) is 1. The van der Waals surface area contributed by atoms with E-state index in [4.69, 9.17) is 26.7 Å². The van der Waals surface area contributed by atoms with Crippen LogP contribution in [0.15, 0.2) is 61.2 Å². The zero-order chi connectivity index (χ0) is 25.8. The first-order valence-electron chi connectivity index (χ1n) is 13.1. The van der Waals surface area contributed by atoms with Crippen LogP contribution < -0.4 is 5.32 Å². The Hall–Kier alpha value is -3.91. The SMILES string of the molecule is O=C(O)NC1CCC(n2cc(-c3cnc4ccn5c(C6CC6)c(-c6ccccc6Cl)nc5c4c3)cn2)CC1. The van der Waals surface area contributed by atoms with E-state index >= 15 is 0 Å². The third-order valence-electron chi connectivity index (χ3n) is 7.92. The highest BCUT2D eigenvalue weighted by Crippen LogP contribution is 2.46. The number of nitrogens with zero attached hydrogens (tertiary/aromatic N) is 5. The molecule has 0 bridgehead atoms. The van der Waals surface area contributed by atoms with Gasteiger partial charge in [0.25, 0.3) is 0 Å². The second kappa shape index (κ2) is 9.13. The Kier molecular flexibility index (Phi) is 5.58. The smallest absolute Gasteiger partial charge is 0.404 e. The Bertz CT molecular complexity index is 1680. The van der Waals surface area contributed by atoms with Crippen LogP contribution in [0.3, 0.4) is 0 Å². The lowest BCUT2D eigenvalue weighted by Crippen LogP contribution is -2.37. The normalized spacial score (nSPS) is 19.7. The van der Waals surface area contributed by atoms with Crippen molar-refractivity contribution >= 4 is 34.2 Å². The number of imidazole rings is 1. The first-order chi connectivity index (χ1) is 18.5. The van der Waals surface area contributed by atoms with E-state index in [1.807, 2.05) is 41.3 Å². The van der Waals surface area contributed by atoms with Gasteiger partial charge in [-0.1, -0.05) is 29.8 Å². The highest BCUT2D eigenvalue weighted by Gasteiger charge is 2.32. The molecular weight excluding hydrogens is 500 g/mol. The predicted molar refractivity (Wildman–Crippen MR) is 147 cm³/mol. The number of carboxylic acid groups (broad SMARTS) is 1. The first kappa shape index (κ1) is 23.2. The quantitative estimate of drug-likeness (QED) is 0.266. The molecule has 2 saturated carbocycles. The average Bonchev–Trinajstić information content (AvgIpc) is 3.50. The van der Waals surface area contributed by atoms with Crippen LogP contribution in [0.5, 0.6) is 0 Å². The number of pyridine rings is 2. The molecule has 38 heavy (non-hydrogen) atoms. The Labute approximate surface area is 224 Å². The van der Waals surface area contributed by atoms with Gasteiger partial charge >= 0.3 is 6.09 Å².